The van der Waals surface area contributed by atoms with Gasteiger partial charge in [-0.3, -0.25) is 0 Å². The quantitative estimate of drug-likeness (QED) is 0.496. The summed E-state index contributed by atoms with van der Waals surface area (Å²) < 4.78 is 6.79. The van der Waals surface area contributed by atoms with Crippen molar-refractivity contribution in [3.63, 3.8) is 0 Å². The molecule has 3 rings (SSSR count). The Labute approximate surface area is 154 Å². The second kappa shape index (κ2) is 7.41. The van der Waals surface area contributed by atoms with Crippen LogP contribution in [0.15, 0.2) is 35.6 Å². The molecule has 0 saturated carbocycles. The zero-order valence-electron chi connectivity index (χ0n) is 14.1. The molecule has 2 heterocycles. The van der Waals surface area contributed by atoms with Crippen LogP contribution in [0.25, 0.3) is 5.78 Å². The van der Waals surface area contributed by atoms with Crippen LogP contribution in [-0.2, 0) is 10.5 Å². The second-order valence-corrected chi connectivity index (χ2v) is 7.05. The molecule has 0 amide bonds. The number of rotatable bonds is 5. The molecule has 25 heavy (non-hydrogen) atoms. The van der Waals surface area contributed by atoms with E-state index in [9.17, 15) is 4.79 Å². The van der Waals surface area contributed by atoms with E-state index in [0.29, 0.717) is 33.0 Å². The Morgan fingerprint density at radius 2 is 2.12 bits per heavy atom. The standard InChI is InChI=1S/C17H17ClN4O2S/c1-10(2)24-15(23)13-8-19-16-20-17(21-22(16)11(13)3)25-9-12-6-4-5-7-14(12)18/h4-8,10H,9H2,1-3H3. The summed E-state index contributed by atoms with van der Waals surface area (Å²) in [5.41, 5.74) is 2.04. The third-order valence-corrected chi connectivity index (χ3v) is 4.72. The van der Waals surface area contributed by atoms with E-state index >= 15 is 0 Å². The molecule has 0 aliphatic heterocycles. The average molecular weight is 377 g/mol. The number of carbonyl (C=O) groups excluding carboxylic acids is 1. The summed E-state index contributed by atoms with van der Waals surface area (Å²) in [5, 5.41) is 5.72. The molecule has 0 fully saturated rings. The highest BCUT2D eigenvalue weighted by molar-refractivity contribution is 7.98. The number of carbonyl (C=O) groups is 1. The molecule has 6 nitrogen and oxygen atoms in total. The lowest BCUT2D eigenvalue weighted by atomic mass is 10.2. The van der Waals surface area contributed by atoms with Gasteiger partial charge in [0.25, 0.3) is 5.78 Å². The number of fused-ring (bicyclic) bond motifs is 1. The molecule has 130 valence electrons. The summed E-state index contributed by atoms with van der Waals surface area (Å²) in [6.07, 6.45) is 1.28. The Morgan fingerprint density at radius 1 is 1.36 bits per heavy atom. The van der Waals surface area contributed by atoms with Crippen LogP contribution in [0.1, 0.15) is 35.5 Å². The number of benzene rings is 1. The maximum absolute atomic E-state index is 12.1. The summed E-state index contributed by atoms with van der Waals surface area (Å²) in [7, 11) is 0. The van der Waals surface area contributed by atoms with Gasteiger partial charge >= 0.3 is 5.97 Å². The lowest BCUT2D eigenvalue weighted by Gasteiger charge is -2.09. The van der Waals surface area contributed by atoms with E-state index < -0.39 is 5.97 Å². The number of esters is 1. The Hall–Kier alpha value is -2.12. The predicted molar refractivity (Wildman–Crippen MR) is 97.1 cm³/mol. The van der Waals surface area contributed by atoms with E-state index in [1.54, 1.807) is 25.3 Å². The number of ether oxygens (including phenoxy) is 1. The number of thioether (sulfide) groups is 1. The summed E-state index contributed by atoms with van der Waals surface area (Å²) in [6.45, 7) is 5.40. The van der Waals surface area contributed by atoms with Crippen molar-refractivity contribution in [1.29, 1.82) is 0 Å². The molecule has 0 saturated heterocycles. The normalized spacial score (nSPS) is 11.2. The van der Waals surface area contributed by atoms with Crippen molar-refractivity contribution >= 4 is 35.1 Å². The first kappa shape index (κ1) is 17.7. The van der Waals surface area contributed by atoms with Gasteiger partial charge in [-0.15, -0.1) is 5.10 Å². The maximum atomic E-state index is 12.1. The van der Waals surface area contributed by atoms with Gasteiger partial charge in [0.2, 0.25) is 5.16 Å². The predicted octanol–water partition coefficient (Wildman–Crippen LogP) is 3.94. The molecule has 8 heteroatoms. The number of aromatic nitrogens is 4. The third kappa shape index (κ3) is 3.93. The zero-order valence-corrected chi connectivity index (χ0v) is 15.6. The molecule has 0 radical (unpaired) electrons. The summed E-state index contributed by atoms with van der Waals surface area (Å²) in [6, 6.07) is 7.66. The number of aryl methyl sites for hydroxylation is 1. The van der Waals surface area contributed by atoms with E-state index in [2.05, 4.69) is 15.1 Å². The lowest BCUT2D eigenvalue weighted by molar-refractivity contribution is 0.0375. The monoisotopic (exact) mass is 376 g/mol. The van der Waals surface area contributed by atoms with Gasteiger partial charge in [0.15, 0.2) is 0 Å². The fourth-order valence-corrected chi connectivity index (χ4v) is 3.32. The van der Waals surface area contributed by atoms with Crippen LogP contribution in [0.5, 0.6) is 0 Å². The Morgan fingerprint density at radius 3 is 2.84 bits per heavy atom. The smallest absolute Gasteiger partial charge is 0.341 e. The van der Waals surface area contributed by atoms with E-state index in [0.717, 1.165) is 5.56 Å². The van der Waals surface area contributed by atoms with Crippen LogP contribution in [0.2, 0.25) is 5.02 Å². The Kier molecular flexibility index (Phi) is 5.24. The number of halogens is 1. The summed E-state index contributed by atoms with van der Waals surface area (Å²) in [4.78, 5) is 20.7. The molecule has 0 unspecified atom stereocenters. The van der Waals surface area contributed by atoms with Gasteiger partial charge in [-0.1, -0.05) is 41.6 Å². The SMILES string of the molecule is Cc1c(C(=O)OC(C)C)cnc2nc(SCc3ccccc3Cl)nn12. The van der Waals surface area contributed by atoms with Crippen LogP contribution in [-0.4, -0.2) is 31.7 Å². The van der Waals surface area contributed by atoms with E-state index in [4.69, 9.17) is 16.3 Å². The number of hydrogen-bond acceptors (Lipinski definition) is 6. The highest BCUT2D eigenvalue weighted by atomic mass is 35.5. The minimum absolute atomic E-state index is 0.194. The van der Waals surface area contributed by atoms with Crippen LogP contribution in [0.4, 0.5) is 0 Å². The second-order valence-electron chi connectivity index (χ2n) is 5.70. The highest BCUT2D eigenvalue weighted by Gasteiger charge is 2.17. The lowest BCUT2D eigenvalue weighted by Crippen LogP contribution is -2.15. The molecular weight excluding hydrogens is 360 g/mol. The van der Waals surface area contributed by atoms with Gasteiger partial charge in [0.1, 0.15) is 0 Å². The van der Waals surface area contributed by atoms with Gasteiger partial charge in [-0.05, 0) is 32.4 Å². The zero-order chi connectivity index (χ0) is 18.0. The van der Waals surface area contributed by atoms with Gasteiger partial charge < -0.3 is 4.74 Å². The molecule has 0 aliphatic carbocycles. The van der Waals surface area contributed by atoms with Crippen molar-refractivity contribution in [3.8, 4) is 0 Å². The molecular formula is C17H17ClN4O2S. The minimum Gasteiger partial charge on any atom is -0.459 e. The van der Waals surface area contributed by atoms with Gasteiger partial charge in [0.05, 0.1) is 17.4 Å². The molecule has 1 aromatic carbocycles. The Bertz CT molecular complexity index is 926. The van der Waals surface area contributed by atoms with E-state index in [1.807, 2.05) is 24.3 Å². The van der Waals surface area contributed by atoms with Crippen molar-refractivity contribution in [2.24, 2.45) is 0 Å². The maximum Gasteiger partial charge on any atom is 0.341 e. The van der Waals surface area contributed by atoms with Crippen LogP contribution >= 0.6 is 23.4 Å². The van der Waals surface area contributed by atoms with Gasteiger partial charge in [0, 0.05) is 17.0 Å². The first-order valence-electron chi connectivity index (χ1n) is 7.75. The molecule has 0 bridgehead atoms. The van der Waals surface area contributed by atoms with Crippen molar-refractivity contribution in [1.82, 2.24) is 19.6 Å². The fourth-order valence-electron chi connectivity index (χ4n) is 2.22. The van der Waals surface area contributed by atoms with Crippen molar-refractivity contribution in [3.05, 3.63) is 52.3 Å². The van der Waals surface area contributed by atoms with E-state index in [1.165, 1.54) is 18.0 Å². The average Bonchev–Trinajstić information content (AvgIpc) is 2.98. The van der Waals surface area contributed by atoms with Crippen LogP contribution in [0.3, 0.4) is 0 Å². The largest absolute Gasteiger partial charge is 0.459 e. The minimum atomic E-state index is -0.414. The van der Waals surface area contributed by atoms with Crippen molar-refractivity contribution in [2.45, 2.75) is 37.8 Å². The molecule has 0 spiro atoms. The van der Waals surface area contributed by atoms with Gasteiger partial charge in [-0.25, -0.2) is 9.78 Å². The van der Waals surface area contributed by atoms with Crippen LogP contribution in [0, 0.1) is 6.92 Å². The number of hydrogen-bond donors (Lipinski definition) is 0. The van der Waals surface area contributed by atoms with Gasteiger partial charge in [-0.2, -0.15) is 9.50 Å². The fraction of sp³-hybridized carbons (Fsp3) is 0.294. The summed E-state index contributed by atoms with van der Waals surface area (Å²) in [5.74, 6) is 0.681. The third-order valence-electron chi connectivity index (χ3n) is 3.46. The van der Waals surface area contributed by atoms with E-state index in [-0.39, 0.29) is 6.10 Å². The molecule has 3 aromatic rings. The van der Waals surface area contributed by atoms with Crippen molar-refractivity contribution in [2.75, 3.05) is 0 Å². The number of nitrogens with zero attached hydrogens (tertiary/aromatic N) is 4. The molecule has 0 aliphatic rings. The topological polar surface area (TPSA) is 69.4 Å². The summed E-state index contributed by atoms with van der Waals surface area (Å²) >= 11 is 7.63. The molecule has 2 aromatic heterocycles. The highest BCUT2D eigenvalue weighted by Crippen LogP contribution is 2.25. The first-order chi connectivity index (χ1) is 12.0. The molecule has 0 atom stereocenters. The Balaban J connectivity index is 1.84. The first-order valence-corrected chi connectivity index (χ1v) is 9.11. The molecule has 0 N–H and O–H groups in total. The van der Waals surface area contributed by atoms with Crippen LogP contribution < -0.4 is 0 Å². The van der Waals surface area contributed by atoms with Crippen molar-refractivity contribution < 1.29 is 9.53 Å².